The second-order valence-corrected chi connectivity index (χ2v) is 5.98. The average Bonchev–Trinajstić information content (AvgIpc) is 2.37. The molecule has 3 nitrogen and oxygen atoms in total. The highest BCUT2D eigenvalue weighted by atomic mass is 35.5. The van der Waals surface area contributed by atoms with Crippen molar-refractivity contribution in [2.75, 3.05) is 13.0 Å². The van der Waals surface area contributed by atoms with Crippen molar-refractivity contribution in [3.05, 3.63) is 29.8 Å². The minimum absolute atomic E-state index is 0.0168. The minimum Gasteiger partial charge on any atom is -0.497 e. The molecule has 0 saturated heterocycles. The number of carbonyl (C=O) groups is 1. The first-order chi connectivity index (χ1) is 8.88. The fourth-order valence-electron chi connectivity index (χ4n) is 1.81. The number of hydrogen-bond donors (Lipinski definition) is 1. The first-order valence-corrected chi connectivity index (χ1v) is 6.93. The van der Waals surface area contributed by atoms with Gasteiger partial charge >= 0.3 is 0 Å². The molecular formula is C15H22ClNO2. The molecule has 0 heterocycles. The van der Waals surface area contributed by atoms with E-state index in [9.17, 15) is 4.79 Å². The van der Waals surface area contributed by atoms with E-state index in [1.807, 2.05) is 0 Å². The van der Waals surface area contributed by atoms with E-state index in [4.69, 9.17) is 16.3 Å². The Labute approximate surface area is 120 Å². The van der Waals surface area contributed by atoms with Crippen LogP contribution in [0.1, 0.15) is 37.6 Å². The van der Waals surface area contributed by atoms with Gasteiger partial charge in [0.1, 0.15) is 5.75 Å². The number of ether oxygens (including phenoxy) is 1. The normalized spacial score (nSPS) is 12.9. The van der Waals surface area contributed by atoms with Crippen molar-refractivity contribution in [1.29, 1.82) is 0 Å². The summed E-state index contributed by atoms with van der Waals surface area (Å²) in [6, 6.07) is 7.13. The number of alkyl halides is 1. The molecule has 1 atom stereocenters. The number of halogens is 1. The lowest BCUT2D eigenvalue weighted by Crippen LogP contribution is -2.44. The van der Waals surface area contributed by atoms with Crippen LogP contribution >= 0.6 is 11.6 Å². The smallest absolute Gasteiger partial charge is 0.251 e. The van der Waals surface area contributed by atoms with Gasteiger partial charge in [0.15, 0.2) is 0 Å². The topological polar surface area (TPSA) is 38.3 Å². The maximum Gasteiger partial charge on any atom is 0.251 e. The molecule has 0 fully saturated rings. The van der Waals surface area contributed by atoms with Crippen LogP contribution in [0.3, 0.4) is 0 Å². The zero-order chi connectivity index (χ0) is 14.5. The highest BCUT2D eigenvalue weighted by Crippen LogP contribution is 2.23. The summed E-state index contributed by atoms with van der Waals surface area (Å²) < 4.78 is 5.07. The fraction of sp³-hybridized carbons (Fsp3) is 0.533. The Kier molecular flexibility index (Phi) is 5.67. The first kappa shape index (κ1) is 15.8. The molecule has 1 rings (SSSR count). The molecule has 0 radical (unpaired) electrons. The van der Waals surface area contributed by atoms with E-state index in [0.29, 0.717) is 11.4 Å². The minimum atomic E-state index is -0.0762. The van der Waals surface area contributed by atoms with E-state index in [2.05, 4.69) is 26.1 Å². The van der Waals surface area contributed by atoms with Gasteiger partial charge in [-0.05, 0) is 36.1 Å². The maximum absolute atomic E-state index is 12.2. The van der Waals surface area contributed by atoms with Crippen molar-refractivity contribution in [2.24, 2.45) is 5.41 Å². The molecule has 4 heteroatoms. The lowest BCUT2D eigenvalue weighted by Gasteiger charge is -2.31. The Morgan fingerprint density at radius 3 is 2.32 bits per heavy atom. The molecular weight excluding hydrogens is 262 g/mol. The highest BCUT2D eigenvalue weighted by Gasteiger charge is 2.25. The monoisotopic (exact) mass is 283 g/mol. The predicted octanol–water partition coefficient (Wildman–Crippen LogP) is 3.47. The molecule has 0 bridgehead atoms. The van der Waals surface area contributed by atoms with Crippen LogP contribution in [0, 0.1) is 5.41 Å². The molecule has 0 aliphatic heterocycles. The maximum atomic E-state index is 12.2. The van der Waals surface area contributed by atoms with Crippen LogP contribution in [0.2, 0.25) is 0 Å². The number of hydrogen-bond acceptors (Lipinski definition) is 2. The van der Waals surface area contributed by atoms with E-state index in [1.54, 1.807) is 31.4 Å². The van der Waals surface area contributed by atoms with Crippen molar-refractivity contribution in [3.8, 4) is 5.75 Å². The Balaban J connectivity index is 2.75. The van der Waals surface area contributed by atoms with Crippen molar-refractivity contribution in [1.82, 2.24) is 5.32 Å². The van der Waals surface area contributed by atoms with Crippen molar-refractivity contribution in [3.63, 3.8) is 0 Å². The molecule has 0 spiro atoms. The van der Waals surface area contributed by atoms with Crippen LogP contribution in [0.15, 0.2) is 24.3 Å². The third kappa shape index (κ3) is 4.75. The van der Waals surface area contributed by atoms with E-state index in [0.717, 1.165) is 12.2 Å². The largest absolute Gasteiger partial charge is 0.497 e. The van der Waals surface area contributed by atoms with Crippen LogP contribution < -0.4 is 10.1 Å². The Morgan fingerprint density at radius 2 is 1.89 bits per heavy atom. The van der Waals surface area contributed by atoms with Crippen molar-refractivity contribution in [2.45, 2.75) is 33.2 Å². The molecule has 106 valence electrons. The highest BCUT2D eigenvalue weighted by molar-refractivity contribution is 6.17. The van der Waals surface area contributed by atoms with Crippen LogP contribution in [0.25, 0.3) is 0 Å². The average molecular weight is 284 g/mol. The van der Waals surface area contributed by atoms with E-state index >= 15 is 0 Å². The third-order valence-corrected chi connectivity index (χ3v) is 3.32. The summed E-state index contributed by atoms with van der Waals surface area (Å²) in [6.07, 6.45) is 0.757. The molecule has 1 aromatic rings. The van der Waals surface area contributed by atoms with Gasteiger partial charge < -0.3 is 10.1 Å². The second-order valence-electron chi connectivity index (χ2n) is 5.60. The molecule has 19 heavy (non-hydrogen) atoms. The molecule has 0 aliphatic carbocycles. The zero-order valence-electron chi connectivity index (χ0n) is 12.0. The first-order valence-electron chi connectivity index (χ1n) is 6.39. The van der Waals surface area contributed by atoms with Crippen molar-refractivity contribution < 1.29 is 9.53 Å². The Bertz CT molecular complexity index is 409. The summed E-state index contributed by atoms with van der Waals surface area (Å²) in [6.45, 7) is 6.29. The predicted molar refractivity (Wildman–Crippen MR) is 79.0 cm³/mol. The molecule has 1 amide bonds. The Morgan fingerprint density at radius 1 is 1.32 bits per heavy atom. The van der Waals surface area contributed by atoms with Crippen LogP contribution in [0.4, 0.5) is 0 Å². The van der Waals surface area contributed by atoms with Gasteiger partial charge in [-0.2, -0.15) is 0 Å². The Hall–Kier alpha value is -1.22. The number of amides is 1. The van der Waals surface area contributed by atoms with Gasteiger partial charge in [0.25, 0.3) is 5.91 Å². The number of carbonyl (C=O) groups excluding carboxylic acids is 1. The summed E-state index contributed by atoms with van der Waals surface area (Å²) in [5.74, 6) is 1.20. The second kappa shape index (κ2) is 6.80. The van der Waals surface area contributed by atoms with Crippen LogP contribution in [-0.2, 0) is 0 Å². The number of rotatable bonds is 5. The molecule has 1 unspecified atom stereocenters. The van der Waals surface area contributed by atoms with E-state index in [1.165, 1.54) is 0 Å². The molecule has 0 saturated carbocycles. The summed E-state index contributed by atoms with van der Waals surface area (Å²) in [7, 11) is 1.60. The summed E-state index contributed by atoms with van der Waals surface area (Å²) in [5, 5.41) is 3.05. The fourth-order valence-corrected chi connectivity index (χ4v) is 2.03. The lowest BCUT2D eigenvalue weighted by molar-refractivity contribution is 0.0900. The van der Waals surface area contributed by atoms with Crippen LogP contribution in [-0.4, -0.2) is 24.9 Å². The SMILES string of the molecule is COc1ccc(C(=O)NC(CCCl)C(C)(C)C)cc1. The standard InChI is InChI=1S/C15H22ClNO2/c1-15(2,3)13(9-10-16)17-14(18)11-5-7-12(19-4)8-6-11/h5-8,13H,9-10H2,1-4H3,(H,17,18). The molecule has 1 aromatic carbocycles. The van der Waals surface area contributed by atoms with Gasteiger partial charge in [-0.25, -0.2) is 0 Å². The number of benzene rings is 1. The van der Waals surface area contributed by atoms with Gasteiger partial charge in [-0.3, -0.25) is 4.79 Å². The lowest BCUT2D eigenvalue weighted by atomic mass is 9.85. The summed E-state index contributed by atoms with van der Waals surface area (Å²) in [4.78, 5) is 12.2. The third-order valence-electron chi connectivity index (χ3n) is 3.10. The molecule has 0 aliphatic rings. The van der Waals surface area contributed by atoms with E-state index in [-0.39, 0.29) is 17.4 Å². The summed E-state index contributed by atoms with van der Waals surface area (Å²) >= 11 is 5.80. The zero-order valence-corrected chi connectivity index (χ0v) is 12.8. The van der Waals surface area contributed by atoms with E-state index < -0.39 is 0 Å². The van der Waals surface area contributed by atoms with Gasteiger partial charge in [0.2, 0.25) is 0 Å². The van der Waals surface area contributed by atoms with Crippen molar-refractivity contribution >= 4 is 17.5 Å². The number of methoxy groups -OCH3 is 1. The quantitative estimate of drug-likeness (QED) is 0.841. The molecule has 1 N–H and O–H groups in total. The van der Waals surface area contributed by atoms with Gasteiger partial charge in [0, 0.05) is 17.5 Å². The number of nitrogens with one attached hydrogen (secondary N) is 1. The van der Waals surface area contributed by atoms with Gasteiger partial charge in [-0.1, -0.05) is 20.8 Å². The van der Waals surface area contributed by atoms with Crippen LogP contribution in [0.5, 0.6) is 5.75 Å². The molecule has 0 aromatic heterocycles. The van der Waals surface area contributed by atoms with Gasteiger partial charge in [0.05, 0.1) is 7.11 Å². The summed E-state index contributed by atoms with van der Waals surface area (Å²) in [5.41, 5.74) is 0.612. The van der Waals surface area contributed by atoms with Gasteiger partial charge in [-0.15, -0.1) is 11.6 Å².